The molecule has 2 aromatic carbocycles. The second-order valence-corrected chi connectivity index (χ2v) is 7.08. The van der Waals surface area contributed by atoms with E-state index in [4.69, 9.17) is 4.52 Å². The third-order valence-electron chi connectivity index (χ3n) is 5.12. The van der Waals surface area contributed by atoms with E-state index in [1.165, 1.54) is 12.1 Å². The van der Waals surface area contributed by atoms with Gasteiger partial charge in [-0.2, -0.15) is 0 Å². The van der Waals surface area contributed by atoms with Crippen molar-refractivity contribution in [2.24, 2.45) is 0 Å². The van der Waals surface area contributed by atoms with Crippen LogP contribution in [0.25, 0.3) is 22.5 Å². The fourth-order valence-corrected chi connectivity index (χ4v) is 3.43. The van der Waals surface area contributed by atoms with Crippen LogP contribution < -0.4 is 15.5 Å². The number of phenols is 1. The number of carbonyl (C=O) groups is 1. The molecule has 0 bridgehead atoms. The molecule has 1 aromatic heterocycles. The fourth-order valence-electron chi connectivity index (χ4n) is 3.43. The molecule has 4 rings (SSSR count). The lowest BCUT2D eigenvalue weighted by atomic mass is 9.99. The molecule has 0 unspecified atom stereocenters. The van der Waals surface area contributed by atoms with E-state index in [0.29, 0.717) is 22.5 Å². The van der Waals surface area contributed by atoms with Crippen molar-refractivity contribution >= 4 is 17.4 Å². The Morgan fingerprint density at radius 2 is 2.00 bits per heavy atom. The number of hydrogen-bond acceptors (Lipinski definition) is 6. The molecule has 3 N–H and O–H groups in total. The molecule has 0 radical (unpaired) electrons. The number of carbonyl (C=O) groups excluding carboxylic acids is 1. The molecular formula is C22H23FN4O3. The fraction of sp³-hybridized carbons (Fsp3) is 0.273. The van der Waals surface area contributed by atoms with Crippen molar-refractivity contribution in [3.8, 4) is 28.2 Å². The summed E-state index contributed by atoms with van der Waals surface area (Å²) in [6.07, 6.45) is 0.261. The Kier molecular flexibility index (Phi) is 5.67. The summed E-state index contributed by atoms with van der Waals surface area (Å²) >= 11 is 0. The quantitative estimate of drug-likeness (QED) is 0.595. The summed E-state index contributed by atoms with van der Waals surface area (Å²) in [5.74, 6) is 0.302. The molecule has 1 fully saturated rings. The number of piperazine rings is 1. The van der Waals surface area contributed by atoms with Crippen LogP contribution in [-0.2, 0) is 4.79 Å². The van der Waals surface area contributed by atoms with Gasteiger partial charge in [0.05, 0.1) is 11.3 Å². The SMILES string of the molecule is CCC(=O)Nc1ccc(-c2cccc(-c3cc(N4CCNCC4)no3)c2O)cc1F. The Balaban J connectivity index is 1.63. The number of nitrogens with zero attached hydrogens (tertiary/aromatic N) is 2. The number of benzene rings is 2. The van der Waals surface area contributed by atoms with E-state index in [1.54, 1.807) is 37.3 Å². The van der Waals surface area contributed by atoms with E-state index in [1.807, 2.05) is 0 Å². The average molecular weight is 410 g/mol. The van der Waals surface area contributed by atoms with Crippen LogP contribution >= 0.6 is 0 Å². The van der Waals surface area contributed by atoms with E-state index in [2.05, 4.69) is 20.7 Å². The Morgan fingerprint density at radius 1 is 1.23 bits per heavy atom. The summed E-state index contributed by atoms with van der Waals surface area (Å²) < 4.78 is 19.9. The second kappa shape index (κ2) is 8.54. The first kappa shape index (κ1) is 19.9. The molecule has 0 saturated carbocycles. The van der Waals surface area contributed by atoms with Crippen LogP contribution in [0.15, 0.2) is 47.0 Å². The van der Waals surface area contributed by atoms with Crippen LogP contribution in [0.1, 0.15) is 13.3 Å². The molecule has 0 aliphatic carbocycles. The monoisotopic (exact) mass is 410 g/mol. The third kappa shape index (κ3) is 3.99. The highest BCUT2D eigenvalue weighted by Gasteiger charge is 2.19. The number of aromatic hydroxyl groups is 1. The molecule has 156 valence electrons. The topological polar surface area (TPSA) is 90.6 Å². The Labute approximate surface area is 173 Å². The van der Waals surface area contributed by atoms with Crippen molar-refractivity contribution in [2.75, 3.05) is 36.4 Å². The number of hydrogen-bond donors (Lipinski definition) is 3. The van der Waals surface area contributed by atoms with Crippen molar-refractivity contribution in [3.05, 3.63) is 48.3 Å². The van der Waals surface area contributed by atoms with Crippen LogP contribution in [0.4, 0.5) is 15.9 Å². The summed E-state index contributed by atoms with van der Waals surface area (Å²) in [4.78, 5) is 13.6. The van der Waals surface area contributed by atoms with Gasteiger partial charge >= 0.3 is 0 Å². The molecule has 0 spiro atoms. The Bertz CT molecular complexity index is 1060. The van der Waals surface area contributed by atoms with Gasteiger partial charge in [0.2, 0.25) is 5.91 Å². The van der Waals surface area contributed by atoms with Gasteiger partial charge in [0.1, 0.15) is 11.6 Å². The van der Waals surface area contributed by atoms with Gasteiger partial charge in [-0.1, -0.05) is 30.3 Å². The summed E-state index contributed by atoms with van der Waals surface area (Å²) in [5, 5.41) is 20.8. The third-order valence-corrected chi connectivity index (χ3v) is 5.12. The lowest BCUT2D eigenvalue weighted by Crippen LogP contribution is -2.43. The Hall–Kier alpha value is -3.39. The number of anilines is 2. The van der Waals surface area contributed by atoms with E-state index in [9.17, 15) is 14.3 Å². The minimum Gasteiger partial charge on any atom is -0.507 e. The van der Waals surface area contributed by atoms with Crippen molar-refractivity contribution in [1.82, 2.24) is 10.5 Å². The predicted molar refractivity (Wildman–Crippen MR) is 113 cm³/mol. The number of halogens is 1. The molecule has 7 nitrogen and oxygen atoms in total. The molecule has 1 amide bonds. The first-order chi connectivity index (χ1) is 14.6. The smallest absolute Gasteiger partial charge is 0.224 e. The lowest BCUT2D eigenvalue weighted by molar-refractivity contribution is -0.115. The van der Waals surface area contributed by atoms with Crippen LogP contribution in [-0.4, -0.2) is 42.3 Å². The van der Waals surface area contributed by atoms with Crippen LogP contribution in [0.2, 0.25) is 0 Å². The average Bonchev–Trinajstić information content (AvgIpc) is 3.26. The summed E-state index contributed by atoms with van der Waals surface area (Å²) in [6, 6.07) is 11.4. The second-order valence-electron chi connectivity index (χ2n) is 7.08. The van der Waals surface area contributed by atoms with Gasteiger partial charge in [0, 0.05) is 44.2 Å². The van der Waals surface area contributed by atoms with E-state index >= 15 is 0 Å². The zero-order valence-corrected chi connectivity index (χ0v) is 16.6. The normalized spacial score (nSPS) is 14.0. The van der Waals surface area contributed by atoms with E-state index in [-0.39, 0.29) is 23.8 Å². The molecule has 1 aliphatic heterocycles. The molecule has 30 heavy (non-hydrogen) atoms. The first-order valence-corrected chi connectivity index (χ1v) is 9.91. The minimum absolute atomic E-state index is 0.0229. The van der Waals surface area contributed by atoms with Crippen LogP contribution in [0.3, 0.4) is 0 Å². The van der Waals surface area contributed by atoms with Crippen LogP contribution in [0, 0.1) is 5.82 Å². The van der Waals surface area contributed by atoms with Gasteiger partial charge in [-0.3, -0.25) is 4.79 Å². The number of para-hydroxylation sites is 1. The predicted octanol–water partition coefficient (Wildman–Crippen LogP) is 3.61. The van der Waals surface area contributed by atoms with Crippen molar-refractivity contribution < 1.29 is 18.8 Å². The van der Waals surface area contributed by atoms with E-state index < -0.39 is 5.82 Å². The molecule has 1 aliphatic rings. The standard InChI is InChI=1S/C22H23FN4O3/c1-2-21(28)25-18-7-6-14(12-17(18)23)15-4-3-5-16(22(15)29)19-13-20(26-30-19)27-10-8-24-9-11-27/h3-7,12-13,24,29H,2,8-11H2,1H3,(H,25,28). The zero-order chi connectivity index (χ0) is 21.1. The maximum Gasteiger partial charge on any atom is 0.224 e. The zero-order valence-electron chi connectivity index (χ0n) is 16.6. The molecule has 0 atom stereocenters. The highest BCUT2D eigenvalue weighted by Crippen LogP contribution is 2.39. The first-order valence-electron chi connectivity index (χ1n) is 9.91. The number of aromatic nitrogens is 1. The summed E-state index contributed by atoms with van der Waals surface area (Å²) in [6.45, 7) is 5.12. The highest BCUT2D eigenvalue weighted by molar-refractivity contribution is 5.91. The van der Waals surface area contributed by atoms with Crippen LogP contribution in [0.5, 0.6) is 5.75 Å². The lowest BCUT2D eigenvalue weighted by Gasteiger charge is -2.26. The van der Waals surface area contributed by atoms with Crippen molar-refractivity contribution in [2.45, 2.75) is 13.3 Å². The van der Waals surface area contributed by atoms with Gasteiger partial charge < -0.3 is 25.2 Å². The van der Waals surface area contributed by atoms with Gasteiger partial charge in [0.25, 0.3) is 0 Å². The van der Waals surface area contributed by atoms with Crippen molar-refractivity contribution in [3.63, 3.8) is 0 Å². The van der Waals surface area contributed by atoms with E-state index in [0.717, 1.165) is 32.0 Å². The minimum atomic E-state index is -0.570. The largest absolute Gasteiger partial charge is 0.507 e. The van der Waals surface area contributed by atoms with Gasteiger partial charge in [-0.15, -0.1) is 0 Å². The number of nitrogens with one attached hydrogen (secondary N) is 2. The van der Waals surface area contributed by atoms with Gasteiger partial charge in [-0.25, -0.2) is 4.39 Å². The molecule has 3 aromatic rings. The highest BCUT2D eigenvalue weighted by atomic mass is 19.1. The van der Waals surface area contributed by atoms with Gasteiger partial charge in [0.15, 0.2) is 11.6 Å². The molecule has 2 heterocycles. The number of rotatable bonds is 5. The molecule has 1 saturated heterocycles. The number of amides is 1. The van der Waals surface area contributed by atoms with Crippen molar-refractivity contribution in [1.29, 1.82) is 0 Å². The Morgan fingerprint density at radius 3 is 2.73 bits per heavy atom. The molecular weight excluding hydrogens is 387 g/mol. The molecule has 8 heteroatoms. The van der Waals surface area contributed by atoms with Gasteiger partial charge in [-0.05, 0) is 23.8 Å². The number of phenolic OH excluding ortho intramolecular Hbond substituents is 1. The maximum atomic E-state index is 14.5. The maximum absolute atomic E-state index is 14.5. The summed E-state index contributed by atoms with van der Waals surface area (Å²) in [7, 11) is 0. The summed E-state index contributed by atoms with van der Waals surface area (Å²) in [5.41, 5.74) is 1.53.